The van der Waals surface area contributed by atoms with Crippen LogP contribution in [-0.2, 0) is 0 Å². The lowest BCUT2D eigenvalue weighted by Gasteiger charge is -2.19. The van der Waals surface area contributed by atoms with Crippen molar-refractivity contribution in [3.8, 4) is 57.0 Å². The number of aromatic nitrogens is 2. The summed E-state index contributed by atoms with van der Waals surface area (Å²) in [6, 6.07) is 8.56. The quantitative estimate of drug-likeness (QED) is 0.0517. The van der Waals surface area contributed by atoms with Crippen LogP contribution in [0.4, 0.5) is 0 Å². The predicted octanol–water partition coefficient (Wildman–Crippen LogP) is 29.6. The Morgan fingerprint density at radius 1 is 0.188 bits per heavy atom. The van der Waals surface area contributed by atoms with Crippen LogP contribution in [-0.4, -0.2) is 49.6 Å². The highest BCUT2D eigenvalue weighted by Gasteiger charge is 2.21. The molecule has 8 heteroatoms. The zero-order valence-corrected chi connectivity index (χ0v) is 64.5. The van der Waals surface area contributed by atoms with E-state index in [0.29, 0.717) is 45.5 Å². The highest BCUT2D eigenvalue weighted by Crippen LogP contribution is 2.44. The van der Waals surface area contributed by atoms with Crippen molar-refractivity contribution in [2.75, 3.05) is 39.6 Å². The average molecular weight is 1340 g/mol. The van der Waals surface area contributed by atoms with Crippen LogP contribution in [0.3, 0.4) is 0 Å². The molecule has 0 saturated heterocycles. The van der Waals surface area contributed by atoms with Crippen LogP contribution in [0, 0.1) is 0 Å². The molecule has 554 valence electrons. The van der Waals surface area contributed by atoms with E-state index in [1.807, 2.05) is 12.4 Å². The molecule has 0 atom stereocenters. The molecule has 96 heavy (non-hydrogen) atoms. The van der Waals surface area contributed by atoms with E-state index in [1.54, 1.807) is 0 Å². The Balaban J connectivity index is 1.97. The van der Waals surface area contributed by atoms with Crippen LogP contribution in [0.25, 0.3) is 22.5 Å². The fraction of sp³-hybridized carbons (Fsp3) is 0.818. The number of benzene rings is 2. The SMILES string of the molecule is CCCCCCCCCCCCOc1cc(-c2cnc(-c3cc(OCCCCCCCCCCCC)c(OCCCCCCCCCCCC)c(OCCCCCCCCCCCC)c3)nc2)cc(OCCCCCCCCCCCC)c1OCCCCCCCCCCCC. The summed E-state index contributed by atoms with van der Waals surface area (Å²) in [5, 5.41) is 0. The van der Waals surface area contributed by atoms with Crippen molar-refractivity contribution in [2.45, 2.75) is 427 Å². The lowest BCUT2D eigenvalue weighted by atomic mass is 10.1. The molecule has 0 unspecified atom stereocenters. The summed E-state index contributed by atoms with van der Waals surface area (Å²) < 4.78 is 41.0. The smallest absolute Gasteiger partial charge is 0.203 e. The predicted molar refractivity (Wildman–Crippen MR) is 417 cm³/mol. The molecule has 8 nitrogen and oxygen atoms in total. The zero-order valence-electron chi connectivity index (χ0n) is 64.5. The van der Waals surface area contributed by atoms with E-state index < -0.39 is 0 Å². The van der Waals surface area contributed by atoms with Crippen LogP contribution in [0.2, 0.25) is 0 Å². The first-order valence-electron chi connectivity index (χ1n) is 42.5. The molecule has 0 N–H and O–H groups in total. The van der Waals surface area contributed by atoms with Crippen molar-refractivity contribution in [2.24, 2.45) is 0 Å². The Labute approximate surface area is 595 Å². The minimum atomic E-state index is 0.637. The number of hydrogen-bond acceptors (Lipinski definition) is 8. The van der Waals surface area contributed by atoms with Gasteiger partial charge in [0.15, 0.2) is 28.8 Å². The Hall–Kier alpha value is -3.68. The van der Waals surface area contributed by atoms with Gasteiger partial charge in [0.2, 0.25) is 11.5 Å². The Bertz CT molecular complexity index is 1890. The van der Waals surface area contributed by atoms with Gasteiger partial charge in [-0.3, -0.25) is 0 Å². The summed E-state index contributed by atoms with van der Waals surface area (Å²) in [5.41, 5.74) is 2.76. The van der Waals surface area contributed by atoms with Gasteiger partial charge in [-0.25, -0.2) is 9.97 Å². The normalized spacial score (nSPS) is 11.5. The van der Waals surface area contributed by atoms with Gasteiger partial charge in [-0.2, -0.15) is 0 Å². The summed E-state index contributed by atoms with van der Waals surface area (Å²) in [6.07, 6.45) is 81.2. The summed E-state index contributed by atoms with van der Waals surface area (Å²) >= 11 is 0. The molecular formula is C88H156N2O6. The molecule has 0 amide bonds. The first-order valence-corrected chi connectivity index (χ1v) is 42.5. The molecule has 0 spiro atoms. The van der Waals surface area contributed by atoms with Gasteiger partial charge in [0.25, 0.3) is 0 Å². The molecule has 1 heterocycles. The second-order valence-corrected chi connectivity index (χ2v) is 29.1. The van der Waals surface area contributed by atoms with Gasteiger partial charge in [-0.15, -0.1) is 0 Å². The third kappa shape index (κ3) is 46.6. The van der Waals surface area contributed by atoms with Crippen LogP contribution in [0.5, 0.6) is 34.5 Å². The van der Waals surface area contributed by atoms with Crippen LogP contribution in [0.1, 0.15) is 427 Å². The van der Waals surface area contributed by atoms with Gasteiger partial charge in [0, 0.05) is 23.5 Å². The lowest BCUT2D eigenvalue weighted by molar-refractivity contribution is 0.234. The highest BCUT2D eigenvalue weighted by atomic mass is 16.5. The van der Waals surface area contributed by atoms with E-state index in [0.717, 1.165) is 89.7 Å². The van der Waals surface area contributed by atoms with Crippen LogP contribution < -0.4 is 28.4 Å². The maximum absolute atomic E-state index is 6.85. The monoisotopic (exact) mass is 1340 g/mol. The van der Waals surface area contributed by atoms with Crippen molar-refractivity contribution in [1.29, 1.82) is 0 Å². The minimum Gasteiger partial charge on any atom is -0.490 e. The van der Waals surface area contributed by atoms with Crippen molar-refractivity contribution < 1.29 is 28.4 Å². The van der Waals surface area contributed by atoms with E-state index in [-0.39, 0.29) is 0 Å². The summed E-state index contributed by atoms with van der Waals surface area (Å²) in [4.78, 5) is 10.3. The fourth-order valence-electron chi connectivity index (χ4n) is 13.4. The van der Waals surface area contributed by atoms with E-state index in [2.05, 4.69) is 65.8 Å². The molecule has 3 aromatic rings. The third-order valence-electron chi connectivity index (χ3n) is 19.8. The molecule has 1 aromatic heterocycles. The van der Waals surface area contributed by atoms with Crippen molar-refractivity contribution in [3.05, 3.63) is 36.7 Å². The van der Waals surface area contributed by atoms with Crippen molar-refractivity contribution in [3.63, 3.8) is 0 Å². The van der Waals surface area contributed by atoms with Gasteiger partial charge in [0.05, 0.1) is 39.6 Å². The standard InChI is InChI=1S/C88H156N2O6/c1-7-13-19-25-31-37-43-49-55-61-67-91-82-73-79(74-83(92-68-62-56-50-44-38-32-26-20-14-8-2)86(82)95-71-65-59-53-47-41-35-29-23-17-11-5)81-77-89-88(90-78-81)80-75-84(93-69-63-57-51-45-39-33-27-21-15-9-3)87(96-72-66-60-54-48-42-36-30-24-18-12-6)85(76-80)94-70-64-58-52-46-40-34-28-22-16-10-4/h73-78H,7-72H2,1-6H3. The number of ether oxygens (including phenoxy) is 6. The Kier molecular flexibility index (Phi) is 59.4. The molecule has 0 saturated carbocycles. The largest absolute Gasteiger partial charge is 0.490 e. The minimum absolute atomic E-state index is 0.637. The topological polar surface area (TPSA) is 81.2 Å². The second kappa shape index (κ2) is 65.9. The molecule has 0 aliphatic heterocycles. The molecule has 0 fully saturated rings. The molecule has 0 bridgehead atoms. The van der Waals surface area contributed by atoms with E-state index in [1.165, 1.54) is 347 Å². The van der Waals surface area contributed by atoms with E-state index in [9.17, 15) is 0 Å². The Morgan fingerprint density at radius 2 is 0.354 bits per heavy atom. The number of nitrogens with zero attached hydrogens (tertiary/aromatic N) is 2. The van der Waals surface area contributed by atoms with E-state index >= 15 is 0 Å². The summed E-state index contributed by atoms with van der Waals surface area (Å²) in [5.74, 6) is 5.12. The summed E-state index contributed by atoms with van der Waals surface area (Å²) in [6.45, 7) is 17.7. The summed E-state index contributed by atoms with van der Waals surface area (Å²) in [7, 11) is 0. The molecular weight excluding hydrogens is 1180 g/mol. The molecule has 0 radical (unpaired) electrons. The molecule has 3 rings (SSSR count). The first-order chi connectivity index (χ1) is 47.6. The fourth-order valence-corrected chi connectivity index (χ4v) is 13.4. The number of unbranched alkanes of at least 4 members (excludes halogenated alkanes) is 54. The number of rotatable bonds is 74. The van der Waals surface area contributed by atoms with Crippen LogP contribution >= 0.6 is 0 Å². The zero-order chi connectivity index (χ0) is 68.3. The highest BCUT2D eigenvalue weighted by molar-refractivity contribution is 5.72. The van der Waals surface area contributed by atoms with Gasteiger partial charge < -0.3 is 28.4 Å². The molecule has 0 aliphatic carbocycles. The van der Waals surface area contributed by atoms with Gasteiger partial charge in [-0.05, 0) is 68.4 Å². The Morgan fingerprint density at radius 3 is 0.552 bits per heavy atom. The lowest BCUT2D eigenvalue weighted by Crippen LogP contribution is -2.07. The number of hydrogen-bond donors (Lipinski definition) is 0. The average Bonchev–Trinajstić information content (AvgIpc) is 0.812. The molecule has 2 aromatic carbocycles. The van der Waals surface area contributed by atoms with E-state index in [4.69, 9.17) is 38.4 Å². The first kappa shape index (κ1) is 86.5. The van der Waals surface area contributed by atoms with Gasteiger partial charge in [-0.1, -0.05) is 388 Å². The maximum atomic E-state index is 6.85. The van der Waals surface area contributed by atoms with Gasteiger partial charge in [0.1, 0.15) is 0 Å². The second-order valence-electron chi connectivity index (χ2n) is 29.1. The van der Waals surface area contributed by atoms with Crippen molar-refractivity contribution >= 4 is 0 Å². The molecule has 0 aliphatic rings. The third-order valence-corrected chi connectivity index (χ3v) is 19.8. The van der Waals surface area contributed by atoms with Crippen molar-refractivity contribution in [1.82, 2.24) is 9.97 Å². The van der Waals surface area contributed by atoms with Gasteiger partial charge >= 0.3 is 0 Å². The maximum Gasteiger partial charge on any atom is 0.203 e. The van der Waals surface area contributed by atoms with Crippen LogP contribution in [0.15, 0.2) is 36.7 Å².